The van der Waals surface area contributed by atoms with Crippen molar-refractivity contribution in [3.63, 3.8) is 0 Å². The molecule has 0 aliphatic rings. The number of aromatic nitrogens is 2. The third-order valence-electron chi connectivity index (χ3n) is 4.75. The highest BCUT2D eigenvalue weighted by atomic mass is 16.5. The number of carbonyl (C=O) groups excluding carboxylic acids is 3. The molecular weight excluding hydrogens is 374 g/mol. The van der Waals surface area contributed by atoms with Crippen LogP contribution in [0.1, 0.15) is 10.4 Å². The summed E-state index contributed by atoms with van der Waals surface area (Å²) >= 11 is 0. The third-order valence-corrected chi connectivity index (χ3v) is 4.75. The molecule has 0 aliphatic heterocycles. The molecule has 0 aliphatic carbocycles. The van der Waals surface area contributed by atoms with Crippen molar-refractivity contribution in [2.45, 2.75) is 6.04 Å². The summed E-state index contributed by atoms with van der Waals surface area (Å²) in [6.45, 7) is 0. The molecule has 0 fully saturated rings. The number of hydrogen-bond donors (Lipinski definition) is 3. The van der Waals surface area contributed by atoms with Gasteiger partial charge in [-0.2, -0.15) is 0 Å². The molecule has 3 aromatic rings. The zero-order valence-corrected chi connectivity index (χ0v) is 16.2. The van der Waals surface area contributed by atoms with E-state index in [9.17, 15) is 14.4 Å². The quantitative estimate of drug-likeness (QED) is 0.338. The Labute approximate surface area is 166 Å². The first-order chi connectivity index (χ1) is 13.9. The molecule has 150 valence electrons. The Kier molecular flexibility index (Phi) is 5.60. The van der Waals surface area contributed by atoms with Crippen LogP contribution in [-0.4, -0.2) is 57.5 Å². The Balaban J connectivity index is 1.85. The van der Waals surface area contributed by atoms with Crippen LogP contribution in [0.4, 0.5) is 0 Å². The van der Waals surface area contributed by atoms with E-state index in [1.54, 1.807) is 30.6 Å². The van der Waals surface area contributed by atoms with E-state index in [1.807, 2.05) is 29.8 Å². The maximum Gasteiger partial charge on any atom is 0.275 e. The lowest BCUT2D eigenvalue weighted by atomic mass is 10.0. The molecule has 1 atom stereocenters. The van der Waals surface area contributed by atoms with Crippen LogP contribution in [0.5, 0.6) is 0 Å². The van der Waals surface area contributed by atoms with E-state index in [2.05, 4.69) is 10.3 Å². The van der Waals surface area contributed by atoms with Gasteiger partial charge in [-0.05, 0) is 35.4 Å². The lowest BCUT2D eigenvalue weighted by molar-refractivity contribution is -0.140. The first kappa shape index (κ1) is 20.0. The average Bonchev–Trinajstić information content (AvgIpc) is 3.13. The number of nitrogens with zero attached hydrogens (tertiary/aromatic N) is 3. The topological polar surface area (TPSA) is 117 Å². The van der Waals surface area contributed by atoms with Crippen molar-refractivity contribution in [1.29, 1.82) is 0 Å². The van der Waals surface area contributed by atoms with Gasteiger partial charge in [-0.15, -0.1) is 0 Å². The van der Waals surface area contributed by atoms with Crippen LogP contribution in [0.15, 0.2) is 48.8 Å². The third kappa shape index (κ3) is 3.81. The standard InChI is InChI=1S/C20H21N5O4/c1-21-18(26)17(19(27)23-29)25(3)20(28)13-6-4-12(5-7-13)14-8-9-16-15(10-14)22-11-24(16)2/h4-11,17,29H,1-3H3,(H,21,26)(H,23,27). The molecule has 0 saturated heterocycles. The van der Waals surface area contributed by atoms with Crippen molar-refractivity contribution in [2.24, 2.45) is 7.05 Å². The number of nitrogens with one attached hydrogen (secondary N) is 2. The Morgan fingerprint density at radius 3 is 2.34 bits per heavy atom. The summed E-state index contributed by atoms with van der Waals surface area (Å²) in [5.74, 6) is -2.25. The van der Waals surface area contributed by atoms with Crippen LogP contribution in [0.25, 0.3) is 22.2 Å². The van der Waals surface area contributed by atoms with Crippen LogP contribution in [0.3, 0.4) is 0 Å². The smallest absolute Gasteiger partial charge is 0.275 e. The summed E-state index contributed by atoms with van der Waals surface area (Å²) in [6, 6.07) is 11.2. The molecule has 3 rings (SSSR count). The number of benzene rings is 2. The molecule has 2 aromatic carbocycles. The van der Waals surface area contributed by atoms with Crippen molar-refractivity contribution in [3.05, 3.63) is 54.4 Å². The predicted octanol–water partition coefficient (Wildman–Crippen LogP) is 0.932. The van der Waals surface area contributed by atoms with E-state index in [0.29, 0.717) is 5.56 Å². The van der Waals surface area contributed by atoms with E-state index in [4.69, 9.17) is 5.21 Å². The van der Waals surface area contributed by atoms with E-state index >= 15 is 0 Å². The zero-order chi connectivity index (χ0) is 21.1. The van der Waals surface area contributed by atoms with E-state index in [1.165, 1.54) is 19.6 Å². The fourth-order valence-electron chi connectivity index (χ4n) is 3.11. The molecule has 9 nitrogen and oxygen atoms in total. The minimum atomic E-state index is -1.50. The highest BCUT2D eigenvalue weighted by Gasteiger charge is 2.33. The maximum atomic E-state index is 12.7. The lowest BCUT2D eigenvalue weighted by Gasteiger charge is -2.25. The number of aryl methyl sites for hydroxylation is 1. The predicted molar refractivity (Wildman–Crippen MR) is 106 cm³/mol. The molecule has 1 heterocycles. The van der Waals surface area contributed by atoms with Gasteiger partial charge in [0.15, 0.2) is 6.04 Å². The van der Waals surface area contributed by atoms with E-state index < -0.39 is 23.8 Å². The highest BCUT2D eigenvalue weighted by Crippen LogP contribution is 2.24. The van der Waals surface area contributed by atoms with Crippen molar-refractivity contribution >= 4 is 28.8 Å². The minimum Gasteiger partial charge on any atom is -0.357 e. The maximum absolute atomic E-state index is 12.7. The van der Waals surface area contributed by atoms with Crippen molar-refractivity contribution in [2.75, 3.05) is 14.1 Å². The summed E-state index contributed by atoms with van der Waals surface area (Å²) < 4.78 is 1.93. The van der Waals surface area contributed by atoms with Gasteiger partial charge in [0.2, 0.25) is 0 Å². The zero-order valence-electron chi connectivity index (χ0n) is 16.2. The van der Waals surface area contributed by atoms with Crippen molar-refractivity contribution in [1.82, 2.24) is 25.2 Å². The number of rotatable bonds is 5. The van der Waals surface area contributed by atoms with E-state index in [0.717, 1.165) is 27.1 Å². The largest absolute Gasteiger partial charge is 0.357 e. The van der Waals surface area contributed by atoms with Gasteiger partial charge in [0, 0.05) is 26.7 Å². The number of likely N-dealkylation sites (N-methyl/N-ethyl adjacent to an activating group) is 2. The van der Waals surface area contributed by atoms with Crippen molar-refractivity contribution < 1.29 is 19.6 Å². The Morgan fingerprint density at radius 2 is 1.72 bits per heavy atom. The Hall–Kier alpha value is -3.72. The number of hydrogen-bond acceptors (Lipinski definition) is 5. The Bertz CT molecular complexity index is 1060. The van der Waals surface area contributed by atoms with Crippen LogP contribution in [0.2, 0.25) is 0 Å². The molecule has 3 N–H and O–H groups in total. The summed E-state index contributed by atoms with van der Waals surface area (Å²) in [4.78, 5) is 41.8. The van der Waals surface area contributed by atoms with Gasteiger partial charge in [0.05, 0.1) is 17.4 Å². The van der Waals surface area contributed by atoms with Crippen LogP contribution in [0, 0.1) is 0 Å². The summed E-state index contributed by atoms with van der Waals surface area (Å²) in [5, 5.41) is 11.2. The summed E-state index contributed by atoms with van der Waals surface area (Å²) in [5.41, 5.74) is 5.45. The molecular formula is C20H21N5O4. The van der Waals surface area contributed by atoms with Gasteiger partial charge >= 0.3 is 0 Å². The van der Waals surface area contributed by atoms with Gasteiger partial charge < -0.3 is 14.8 Å². The van der Waals surface area contributed by atoms with Crippen LogP contribution < -0.4 is 10.8 Å². The van der Waals surface area contributed by atoms with Gasteiger partial charge in [0.25, 0.3) is 17.7 Å². The second-order valence-electron chi connectivity index (χ2n) is 6.55. The Morgan fingerprint density at radius 1 is 1.07 bits per heavy atom. The van der Waals surface area contributed by atoms with Crippen LogP contribution in [-0.2, 0) is 16.6 Å². The normalized spacial score (nSPS) is 11.7. The SMILES string of the molecule is CNC(=O)C(C(=O)NO)N(C)C(=O)c1ccc(-c2ccc3c(c2)ncn3C)cc1. The lowest BCUT2D eigenvalue weighted by Crippen LogP contribution is -2.54. The molecule has 3 amide bonds. The number of imidazole rings is 1. The van der Waals surface area contributed by atoms with Gasteiger partial charge in [-0.3, -0.25) is 19.6 Å². The number of carbonyl (C=O) groups is 3. The van der Waals surface area contributed by atoms with Gasteiger partial charge in [-0.25, -0.2) is 10.5 Å². The molecule has 0 radical (unpaired) electrons. The first-order valence-electron chi connectivity index (χ1n) is 8.81. The van der Waals surface area contributed by atoms with E-state index in [-0.39, 0.29) is 0 Å². The van der Waals surface area contributed by atoms with Gasteiger partial charge in [0.1, 0.15) is 0 Å². The second-order valence-corrected chi connectivity index (χ2v) is 6.55. The summed E-state index contributed by atoms with van der Waals surface area (Å²) in [6.07, 6.45) is 1.75. The fourth-order valence-corrected chi connectivity index (χ4v) is 3.11. The monoisotopic (exact) mass is 395 g/mol. The average molecular weight is 395 g/mol. The molecule has 0 spiro atoms. The molecule has 0 saturated carbocycles. The minimum absolute atomic E-state index is 0.301. The number of fused-ring (bicyclic) bond motifs is 1. The molecule has 9 heteroatoms. The summed E-state index contributed by atoms with van der Waals surface area (Å²) in [7, 11) is 4.58. The fraction of sp³-hybridized carbons (Fsp3) is 0.200. The van der Waals surface area contributed by atoms with Crippen molar-refractivity contribution in [3.8, 4) is 11.1 Å². The second kappa shape index (κ2) is 8.11. The number of amides is 3. The molecule has 29 heavy (non-hydrogen) atoms. The number of hydroxylamine groups is 1. The molecule has 1 aromatic heterocycles. The molecule has 1 unspecified atom stereocenters. The molecule has 0 bridgehead atoms. The highest BCUT2D eigenvalue weighted by molar-refractivity contribution is 6.08. The van der Waals surface area contributed by atoms with Gasteiger partial charge in [-0.1, -0.05) is 18.2 Å². The van der Waals surface area contributed by atoms with Crippen LogP contribution >= 0.6 is 0 Å². The first-order valence-corrected chi connectivity index (χ1v) is 8.81.